The first-order chi connectivity index (χ1) is 14.1. The molecule has 152 valence electrons. The van der Waals surface area contributed by atoms with Crippen LogP contribution < -0.4 is 19.5 Å². The monoisotopic (exact) mass is 396 g/mol. The highest BCUT2D eigenvalue weighted by Gasteiger charge is 2.24. The number of hydrogen-bond donors (Lipinski definition) is 1. The van der Waals surface area contributed by atoms with Crippen molar-refractivity contribution < 1.29 is 23.5 Å². The maximum atomic E-state index is 12.8. The van der Waals surface area contributed by atoms with Crippen LogP contribution in [0.5, 0.6) is 17.2 Å². The lowest BCUT2D eigenvalue weighted by atomic mass is 10.0. The molecule has 7 heteroatoms. The van der Waals surface area contributed by atoms with Gasteiger partial charge in [-0.15, -0.1) is 0 Å². The van der Waals surface area contributed by atoms with Crippen molar-refractivity contribution in [3.8, 4) is 28.5 Å². The Morgan fingerprint density at radius 1 is 1.03 bits per heavy atom. The molecule has 0 unspecified atom stereocenters. The number of nitrogens with zero attached hydrogens (tertiary/aromatic N) is 1. The summed E-state index contributed by atoms with van der Waals surface area (Å²) in [4.78, 5) is 12.8. The van der Waals surface area contributed by atoms with Gasteiger partial charge in [-0.05, 0) is 31.0 Å². The largest absolute Gasteiger partial charge is 0.493 e. The van der Waals surface area contributed by atoms with Crippen LogP contribution in [0.25, 0.3) is 11.3 Å². The van der Waals surface area contributed by atoms with E-state index in [0.29, 0.717) is 46.4 Å². The number of ether oxygens (including phenoxy) is 3. The van der Waals surface area contributed by atoms with Gasteiger partial charge in [-0.3, -0.25) is 4.79 Å². The van der Waals surface area contributed by atoms with E-state index in [1.54, 1.807) is 19.1 Å². The molecule has 1 N–H and O–H groups in total. The van der Waals surface area contributed by atoms with E-state index in [-0.39, 0.29) is 5.91 Å². The number of hydrogen-bond acceptors (Lipinski definition) is 6. The summed E-state index contributed by atoms with van der Waals surface area (Å²) >= 11 is 0. The average Bonchev–Trinajstić information content (AvgIpc) is 3.14. The fraction of sp³-hybridized carbons (Fsp3) is 0.273. The van der Waals surface area contributed by atoms with Crippen molar-refractivity contribution in [1.82, 2.24) is 10.5 Å². The number of carbonyl (C=O) groups is 1. The lowest BCUT2D eigenvalue weighted by Crippen LogP contribution is -2.26. The molecule has 0 saturated heterocycles. The topological polar surface area (TPSA) is 82.8 Å². The molecule has 1 aromatic heterocycles. The fourth-order valence-electron chi connectivity index (χ4n) is 3.11. The number of benzene rings is 2. The van der Waals surface area contributed by atoms with Crippen molar-refractivity contribution in [2.24, 2.45) is 0 Å². The molecule has 0 aliphatic heterocycles. The molecule has 7 nitrogen and oxygen atoms in total. The summed E-state index contributed by atoms with van der Waals surface area (Å²) in [5.41, 5.74) is 2.58. The van der Waals surface area contributed by atoms with Gasteiger partial charge in [0.25, 0.3) is 5.91 Å². The summed E-state index contributed by atoms with van der Waals surface area (Å²) in [5.74, 6) is 1.60. The van der Waals surface area contributed by atoms with Gasteiger partial charge in [0.2, 0.25) is 5.75 Å². The van der Waals surface area contributed by atoms with Gasteiger partial charge in [-0.25, -0.2) is 0 Å². The minimum atomic E-state index is -0.247. The van der Waals surface area contributed by atoms with Gasteiger partial charge in [-0.2, -0.15) is 0 Å². The molecule has 0 fully saturated rings. The first-order valence-corrected chi connectivity index (χ1v) is 9.17. The predicted molar refractivity (Wildman–Crippen MR) is 109 cm³/mol. The number of aryl methyl sites for hydroxylation is 1. The Morgan fingerprint density at radius 3 is 2.28 bits per heavy atom. The lowest BCUT2D eigenvalue weighted by Gasteiger charge is -2.13. The minimum Gasteiger partial charge on any atom is -0.493 e. The van der Waals surface area contributed by atoms with E-state index in [2.05, 4.69) is 10.5 Å². The molecule has 3 rings (SSSR count). The van der Waals surface area contributed by atoms with Crippen molar-refractivity contribution in [2.45, 2.75) is 13.3 Å². The number of aromatic nitrogens is 1. The average molecular weight is 396 g/mol. The van der Waals surface area contributed by atoms with Crippen molar-refractivity contribution in [3.05, 3.63) is 59.4 Å². The summed E-state index contributed by atoms with van der Waals surface area (Å²) in [7, 11) is 4.60. The zero-order valence-electron chi connectivity index (χ0n) is 16.9. The standard InChI is InChI=1S/C22H24N2O5/c1-14-19(22(25)23-11-10-15-8-6-5-7-9-15)20(24-29-14)16-12-17(26-2)21(28-4)18(13-16)27-3/h5-9,12-13H,10-11H2,1-4H3,(H,23,25). The highest BCUT2D eigenvalue weighted by atomic mass is 16.5. The third kappa shape index (κ3) is 4.34. The van der Waals surface area contributed by atoms with Crippen molar-refractivity contribution in [3.63, 3.8) is 0 Å². The fourth-order valence-corrected chi connectivity index (χ4v) is 3.11. The summed E-state index contributed by atoms with van der Waals surface area (Å²) in [6.45, 7) is 2.21. The Kier molecular flexibility index (Phi) is 6.39. The normalized spacial score (nSPS) is 10.5. The van der Waals surface area contributed by atoms with E-state index in [4.69, 9.17) is 18.7 Å². The van der Waals surface area contributed by atoms with Gasteiger partial charge >= 0.3 is 0 Å². The number of carbonyl (C=O) groups excluding carboxylic acids is 1. The van der Waals surface area contributed by atoms with Crippen molar-refractivity contribution in [1.29, 1.82) is 0 Å². The molecule has 0 spiro atoms. The van der Waals surface area contributed by atoms with Gasteiger partial charge in [0.1, 0.15) is 17.0 Å². The van der Waals surface area contributed by atoms with Crippen LogP contribution in [0.15, 0.2) is 47.0 Å². The Bertz CT molecular complexity index is 957. The highest BCUT2D eigenvalue weighted by Crippen LogP contribution is 2.41. The van der Waals surface area contributed by atoms with Crippen LogP contribution in [0.1, 0.15) is 21.7 Å². The quantitative estimate of drug-likeness (QED) is 0.626. The molecule has 0 aliphatic carbocycles. The zero-order chi connectivity index (χ0) is 20.8. The Hall–Kier alpha value is -3.48. The van der Waals surface area contributed by atoms with E-state index >= 15 is 0 Å². The molecule has 29 heavy (non-hydrogen) atoms. The van der Waals surface area contributed by atoms with E-state index in [9.17, 15) is 4.79 Å². The Morgan fingerprint density at radius 2 is 1.69 bits per heavy atom. The van der Waals surface area contributed by atoms with Crippen LogP contribution >= 0.6 is 0 Å². The van der Waals surface area contributed by atoms with Crippen molar-refractivity contribution >= 4 is 5.91 Å². The SMILES string of the molecule is COc1cc(-c2noc(C)c2C(=O)NCCc2ccccc2)cc(OC)c1OC. The lowest BCUT2D eigenvalue weighted by molar-refractivity contribution is 0.0953. The first kappa shape index (κ1) is 20.3. The maximum absolute atomic E-state index is 12.8. The third-order valence-electron chi connectivity index (χ3n) is 4.57. The molecule has 0 atom stereocenters. The summed E-state index contributed by atoms with van der Waals surface area (Å²) in [5, 5.41) is 7.03. The van der Waals surface area contributed by atoms with Gasteiger partial charge < -0.3 is 24.1 Å². The summed E-state index contributed by atoms with van der Waals surface area (Å²) < 4.78 is 21.5. The molecule has 0 radical (unpaired) electrons. The van der Waals surface area contributed by atoms with Crippen LogP contribution in [0, 0.1) is 6.92 Å². The molecule has 3 aromatic rings. The zero-order valence-corrected chi connectivity index (χ0v) is 16.9. The summed E-state index contributed by atoms with van der Waals surface area (Å²) in [6.07, 6.45) is 0.733. The second-order valence-corrected chi connectivity index (χ2v) is 6.37. The minimum absolute atomic E-state index is 0.247. The number of methoxy groups -OCH3 is 3. The molecular formula is C22H24N2O5. The maximum Gasteiger partial charge on any atom is 0.257 e. The van der Waals surface area contributed by atoms with Crippen LogP contribution in [0.3, 0.4) is 0 Å². The van der Waals surface area contributed by atoms with Gasteiger partial charge in [-0.1, -0.05) is 35.5 Å². The molecule has 0 aliphatic rings. The first-order valence-electron chi connectivity index (χ1n) is 9.17. The molecule has 0 bridgehead atoms. The van der Waals surface area contributed by atoms with E-state index < -0.39 is 0 Å². The third-order valence-corrected chi connectivity index (χ3v) is 4.57. The Balaban J connectivity index is 1.86. The molecule has 1 amide bonds. The van der Waals surface area contributed by atoms with Gasteiger partial charge in [0.15, 0.2) is 11.5 Å². The highest BCUT2D eigenvalue weighted by molar-refractivity contribution is 6.01. The molecular weight excluding hydrogens is 372 g/mol. The Labute approximate surface area is 169 Å². The van der Waals surface area contributed by atoms with Crippen molar-refractivity contribution in [2.75, 3.05) is 27.9 Å². The van der Waals surface area contributed by atoms with Crippen LogP contribution in [-0.4, -0.2) is 38.9 Å². The second-order valence-electron chi connectivity index (χ2n) is 6.37. The van der Waals surface area contributed by atoms with E-state index in [0.717, 1.165) is 12.0 Å². The molecule has 0 saturated carbocycles. The van der Waals surface area contributed by atoms with E-state index in [1.807, 2.05) is 30.3 Å². The molecule has 1 heterocycles. The number of amides is 1. The van der Waals surface area contributed by atoms with Crippen LogP contribution in [0.2, 0.25) is 0 Å². The predicted octanol–water partition coefficient (Wildman–Crippen LogP) is 3.65. The number of rotatable bonds is 8. The van der Waals surface area contributed by atoms with Crippen LogP contribution in [0.4, 0.5) is 0 Å². The van der Waals surface area contributed by atoms with E-state index in [1.165, 1.54) is 21.3 Å². The van der Waals surface area contributed by atoms with Gasteiger partial charge in [0, 0.05) is 12.1 Å². The molecule has 2 aromatic carbocycles. The summed E-state index contributed by atoms with van der Waals surface area (Å²) in [6, 6.07) is 13.4. The van der Waals surface area contributed by atoms with Crippen LogP contribution in [-0.2, 0) is 6.42 Å². The smallest absolute Gasteiger partial charge is 0.257 e. The van der Waals surface area contributed by atoms with Gasteiger partial charge in [0.05, 0.1) is 21.3 Å². The number of nitrogens with one attached hydrogen (secondary N) is 1. The second kappa shape index (κ2) is 9.14.